The summed E-state index contributed by atoms with van der Waals surface area (Å²) in [5, 5.41) is 8.44. The van der Waals surface area contributed by atoms with Crippen molar-refractivity contribution in [2.75, 3.05) is 5.32 Å². The summed E-state index contributed by atoms with van der Waals surface area (Å²) in [6.45, 7) is 2.55. The number of benzene rings is 1. The molecule has 0 spiro atoms. The largest absolute Gasteiger partial charge is 0.379 e. The van der Waals surface area contributed by atoms with E-state index < -0.39 is 0 Å². The van der Waals surface area contributed by atoms with E-state index in [-0.39, 0.29) is 11.8 Å². The van der Waals surface area contributed by atoms with Crippen molar-refractivity contribution in [3.8, 4) is 0 Å². The Kier molecular flexibility index (Phi) is 2.79. The molecule has 3 rings (SSSR count). The van der Waals surface area contributed by atoms with Crippen LogP contribution < -0.4 is 10.6 Å². The third-order valence-corrected chi connectivity index (χ3v) is 3.81. The van der Waals surface area contributed by atoms with Gasteiger partial charge >= 0.3 is 0 Å². The molecule has 0 radical (unpaired) electrons. The number of carbonyl (C=O) groups excluding carboxylic acids is 2. The van der Waals surface area contributed by atoms with E-state index in [1.807, 2.05) is 12.3 Å². The number of imide groups is 1. The van der Waals surface area contributed by atoms with E-state index in [1.165, 1.54) is 0 Å². The summed E-state index contributed by atoms with van der Waals surface area (Å²) in [7, 11) is 0. The van der Waals surface area contributed by atoms with Crippen LogP contribution in [0.2, 0.25) is 0 Å². The lowest BCUT2D eigenvalue weighted by molar-refractivity contribution is 0.0879. The molecular formula is C13H11N3O2S. The summed E-state index contributed by atoms with van der Waals surface area (Å²) in [4.78, 5) is 27.3. The number of carbonyl (C=O) groups is 2. The summed E-state index contributed by atoms with van der Waals surface area (Å²) >= 11 is 1.59. The number of thiazole rings is 1. The number of fused-ring (bicyclic) bond motifs is 1. The highest BCUT2D eigenvalue weighted by Crippen LogP contribution is 2.21. The van der Waals surface area contributed by atoms with E-state index in [2.05, 4.69) is 15.6 Å². The maximum absolute atomic E-state index is 11.5. The number of aryl methyl sites for hydroxylation is 1. The molecule has 6 heteroatoms. The summed E-state index contributed by atoms with van der Waals surface area (Å²) in [6.07, 6.45) is 0. The monoisotopic (exact) mass is 273 g/mol. The van der Waals surface area contributed by atoms with E-state index >= 15 is 0 Å². The molecular weight excluding hydrogens is 262 g/mol. The van der Waals surface area contributed by atoms with Crippen LogP contribution in [0.3, 0.4) is 0 Å². The lowest BCUT2D eigenvalue weighted by atomic mass is 10.1. The topological polar surface area (TPSA) is 71.1 Å². The summed E-state index contributed by atoms with van der Waals surface area (Å²) in [6, 6.07) is 5.14. The molecule has 0 saturated heterocycles. The minimum Gasteiger partial charge on any atom is -0.379 e. The lowest BCUT2D eigenvalue weighted by Gasteiger charge is -2.05. The minimum absolute atomic E-state index is 0.331. The Bertz CT molecular complexity index is 678. The van der Waals surface area contributed by atoms with Crippen molar-refractivity contribution >= 4 is 28.8 Å². The Morgan fingerprint density at radius 1 is 1.26 bits per heavy atom. The number of amides is 2. The predicted molar refractivity (Wildman–Crippen MR) is 72.4 cm³/mol. The Labute approximate surface area is 113 Å². The number of rotatable bonds is 3. The molecule has 2 amide bonds. The second kappa shape index (κ2) is 4.47. The maximum atomic E-state index is 11.5. The Balaban J connectivity index is 1.78. The molecule has 0 atom stereocenters. The van der Waals surface area contributed by atoms with Gasteiger partial charge in [-0.15, -0.1) is 11.3 Å². The van der Waals surface area contributed by atoms with Crippen molar-refractivity contribution in [1.82, 2.24) is 10.3 Å². The van der Waals surface area contributed by atoms with E-state index in [9.17, 15) is 9.59 Å². The van der Waals surface area contributed by atoms with Gasteiger partial charge in [0.1, 0.15) is 5.01 Å². The summed E-state index contributed by atoms with van der Waals surface area (Å²) in [5.41, 5.74) is 2.66. The first kappa shape index (κ1) is 11.9. The number of anilines is 1. The van der Waals surface area contributed by atoms with Gasteiger partial charge in [-0.1, -0.05) is 0 Å². The predicted octanol–water partition coefficient (Wildman–Crippen LogP) is 1.95. The maximum Gasteiger partial charge on any atom is 0.259 e. The van der Waals surface area contributed by atoms with Gasteiger partial charge in [0.2, 0.25) is 0 Å². The van der Waals surface area contributed by atoms with Crippen LogP contribution >= 0.6 is 11.3 Å². The Morgan fingerprint density at radius 3 is 2.79 bits per heavy atom. The molecule has 1 aliphatic rings. The molecule has 19 heavy (non-hydrogen) atoms. The first-order chi connectivity index (χ1) is 9.13. The molecule has 2 N–H and O–H groups in total. The normalized spacial score (nSPS) is 13.3. The Morgan fingerprint density at radius 2 is 2.05 bits per heavy atom. The van der Waals surface area contributed by atoms with Crippen LogP contribution in [-0.2, 0) is 6.54 Å². The molecule has 0 unspecified atom stereocenters. The van der Waals surface area contributed by atoms with Crippen LogP contribution in [0.25, 0.3) is 0 Å². The number of hydrogen-bond acceptors (Lipinski definition) is 5. The Hall–Kier alpha value is -2.21. The second-order valence-corrected chi connectivity index (χ2v) is 5.22. The molecule has 1 aromatic carbocycles. The van der Waals surface area contributed by atoms with Gasteiger partial charge in [-0.25, -0.2) is 4.98 Å². The first-order valence-corrected chi connectivity index (χ1v) is 6.66. The van der Waals surface area contributed by atoms with Gasteiger partial charge in [-0.3, -0.25) is 14.9 Å². The van der Waals surface area contributed by atoms with Gasteiger partial charge in [-0.2, -0.15) is 0 Å². The lowest BCUT2D eigenvalue weighted by Crippen LogP contribution is -2.19. The van der Waals surface area contributed by atoms with E-state index in [0.29, 0.717) is 17.7 Å². The van der Waals surface area contributed by atoms with Crippen molar-refractivity contribution in [1.29, 1.82) is 0 Å². The van der Waals surface area contributed by atoms with Gasteiger partial charge in [0.05, 0.1) is 17.7 Å². The highest BCUT2D eigenvalue weighted by Gasteiger charge is 2.26. The van der Waals surface area contributed by atoms with E-state index in [0.717, 1.165) is 16.4 Å². The third kappa shape index (κ3) is 2.22. The van der Waals surface area contributed by atoms with Gasteiger partial charge < -0.3 is 5.32 Å². The van der Waals surface area contributed by atoms with Gasteiger partial charge in [-0.05, 0) is 25.1 Å². The number of aromatic nitrogens is 1. The molecule has 1 aromatic heterocycles. The average Bonchev–Trinajstić information content (AvgIpc) is 2.92. The summed E-state index contributed by atoms with van der Waals surface area (Å²) < 4.78 is 0. The fourth-order valence-corrected chi connectivity index (χ4v) is 2.65. The van der Waals surface area contributed by atoms with Gasteiger partial charge in [0, 0.05) is 16.8 Å². The van der Waals surface area contributed by atoms with Crippen LogP contribution in [0.15, 0.2) is 23.6 Å². The zero-order chi connectivity index (χ0) is 13.4. The molecule has 2 aromatic rings. The van der Waals surface area contributed by atoms with Gasteiger partial charge in [0.25, 0.3) is 11.8 Å². The molecule has 5 nitrogen and oxygen atoms in total. The summed E-state index contributed by atoms with van der Waals surface area (Å²) in [5.74, 6) is -0.671. The van der Waals surface area contributed by atoms with Crippen LogP contribution in [0.1, 0.15) is 31.4 Å². The first-order valence-electron chi connectivity index (χ1n) is 5.78. The fourth-order valence-electron chi connectivity index (χ4n) is 1.94. The molecule has 0 saturated carbocycles. The number of hydrogen-bond donors (Lipinski definition) is 2. The zero-order valence-electron chi connectivity index (χ0n) is 10.2. The molecule has 96 valence electrons. The SMILES string of the molecule is Cc1csc(CNc2ccc3c(c2)C(=O)NC3=O)n1. The highest BCUT2D eigenvalue weighted by molar-refractivity contribution is 7.09. The van der Waals surface area contributed by atoms with Crippen LogP contribution in [-0.4, -0.2) is 16.8 Å². The van der Waals surface area contributed by atoms with Crippen LogP contribution in [0.4, 0.5) is 5.69 Å². The molecule has 2 heterocycles. The smallest absolute Gasteiger partial charge is 0.259 e. The highest BCUT2D eigenvalue weighted by atomic mass is 32.1. The molecule has 1 aliphatic heterocycles. The fraction of sp³-hybridized carbons (Fsp3) is 0.154. The van der Waals surface area contributed by atoms with Crippen molar-refractivity contribution in [2.45, 2.75) is 13.5 Å². The molecule has 0 bridgehead atoms. The van der Waals surface area contributed by atoms with Crippen molar-refractivity contribution in [3.05, 3.63) is 45.4 Å². The van der Waals surface area contributed by atoms with E-state index in [4.69, 9.17) is 0 Å². The number of nitrogens with zero attached hydrogens (tertiary/aromatic N) is 1. The second-order valence-electron chi connectivity index (χ2n) is 4.28. The van der Waals surface area contributed by atoms with Crippen molar-refractivity contribution < 1.29 is 9.59 Å². The van der Waals surface area contributed by atoms with Crippen molar-refractivity contribution in [2.24, 2.45) is 0 Å². The third-order valence-electron chi connectivity index (χ3n) is 2.85. The molecule has 0 aliphatic carbocycles. The number of nitrogens with one attached hydrogen (secondary N) is 2. The van der Waals surface area contributed by atoms with Crippen molar-refractivity contribution in [3.63, 3.8) is 0 Å². The minimum atomic E-state index is -0.339. The zero-order valence-corrected chi connectivity index (χ0v) is 11.0. The quantitative estimate of drug-likeness (QED) is 0.838. The van der Waals surface area contributed by atoms with Gasteiger partial charge in [0.15, 0.2) is 0 Å². The van der Waals surface area contributed by atoms with Crippen LogP contribution in [0, 0.1) is 6.92 Å². The average molecular weight is 273 g/mol. The van der Waals surface area contributed by atoms with Crippen LogP contribution in [0.5, 0.6) is 0 Å². The van der Waals surface area contributed by atoms with E-state index in [1.54, 1.807) is 29.5 Å². The standard InChI is InChI=1S/C13H11N3O2S/c1-7-6-19-11(15-7)5-14-8-2-3-9-10(4-8)13(18)16-12(9)17/h2-4,6,14H,5H2,1H3,(H,16,17,18). The molecule has 0 fully saturated rings.